The predicted molar refractivity (Wildman–Crippen MR) is 101 cm³/mol. The topological polar surface area (TPSA) is 71.3 Å². The lowest BCUT2D eigenvalue weighted by Crippen LogP contribution is -2.36. The van der Waals surface area contributed by atoms with Crippen molar-refractivity contribution in [3.63, 3.8) is 0 Å². The molecule has 2 aromatic heterocycles. The molecule has 2 N–H and O–H groups in total. The van der Waals surface area contributed by atoms with Crippen molar-refractivity contribution in [2.45, 2.75) is 44.7 Å². The fraction of sp³-hybridized carbons (Fsp3) is 0.350. The Hall–Kier alpha value is -2.96. The lowest BCUT2D eigenvalue weighted by Gasteiger charge is -2.22. The molecule has 1 saturated carbocycles. The number of rotatable bonds is 5. The minimum Gasteiger partial charge on any atom is -0.366 e. The molecule has 140 valence electrons. The molecule has 1 aliphatic rings. The van der Waals surface area contributed by atoms with Crippen LogP contribution in [0.1, 0.15) is 48.0 Å². The lowest BCUT2D eigenvalue weighted by atomic mass is 9.95. The second-order valence-electron chi connectivity index (χ2n) is 6.93. The summed E-state index contributed by atoms with van der Waals surface area (Å²) in [6.07, 6.45) is 8.96. The van der Waals surface area contributed by atoms with Crippen molar-refractivity contribution >= 4 is 17.4 Å². The maximum atomic E-state index is 13.0. The van der Waals surface area contributed by atoms with Crippen LogP contribution in [0.3, 0.4) is 0 Å². The fourth-order valence-corrected chi connectivity index (χ4v) is 3.43. The minimum absolute atomic E-state index is 0.125. The van der Waals surface area contributed by atoms with Gasteiger partial charge in [-0.1, -0.05) is 31.4 Å². The van der Waals surface area contributed by atoms with E-state index in [4.69, 9.17) is 0 Å². The molecule has 4 rings (SSSR count). The van der Waals surface area contributed by atoms with Gasteiger partial charge in [-0.05, 0) is 36.6 Å². The van der Waals surface area contributed by atoms with Gasteiger partial charge in [0.2, 0.25) is 0 Å². The minimum atomic E-state index is -0.258. The summed E-state index contributed by atoms with van der Waals surface area (Å²) in [6, 6.07) is 8.34. The molecule has 0 saturated heterocycles. The number of carbonyl (C=O) groups is 1. The number of amides is 1. The van der Waals surface area contributed by atoms with Crippen molar-refractivity contribution in [1.82, 2.24) is 19.9 Å². The number of carbonyl (C=O) groups excluding carboxylic acids is 1. The third kappa shape index (κ3) is 4.07. The van der Waals surface area contributed by atoms with Crippen LogP contribution in [-0.4, -0.2) is 26.5 Å². The summed E-state index contributed by atoms with van der Waals surface area (Å²) in [7, 11) is 0. The first-order valence-corrected chi connectivity index (χ1v) is 9.32. The van der Waals surface area contributed by atoms with Gasteiger partial charge < -0.3 is 10.6 Å². The van der Waals surface area contributed by atoms with E-state index >= 15 is 0 Å². The standard InChI is InChI=1S/C20H22FN5O/c21-15-8-6-14(7-9-15)12-22-18-10-11-26-19(25-18)17(13-23-26)20(27)24-16-4-2-1-3-5-16/h6-11,13,16H,1-5,12H2,(H,22,25)(H,24,27). The number of nitrogens with zero attached hydrogens (tertiary/aromatic N) is 3. The molecule has 3 aromatic rings. The summed E-state index contributed by atoms with van der Waals surface area (Å²) < 4.78 is 14.6. The number of benzene rings is 1. The number of aromatic nitrogens is 3. The van der Waals surface area contributed by atoms with Crippen molar-refractivity contribution < 1.29 is 9.18 Å². The summed E-state index contributed by atoms with van der Waals surface area (Å²) in [5.74, 6) is 0.255. The summed E-state index contributed by atoms with van der Waals surface area (Å²) in [5, 5.41) is 10.5. The predicted octanol–water partition coefficient (Wildman–Crippen LogP) is 3.54. The first-order chi connectivity index (χ1) is 13.2. The molecule has 6 nitrogen and oxygen atoms in total. The zero-order valence-corrected chi connectivity index (χ0v) is 15.0. The second kappa shape index (κ2) is 7.73. The SMILES string of the molecule is O=C(NC1CCCCC1)c1cnn2ccc(NCc3ccc(F)cc3)nc12. The Morgan fingerprint density at radius 2 is 1.93 bits per heavy atom. The number of hydrogen-bond donors (Lipinski definition) is 2. The molecule has 27 heavy (non-hydrogen) atoms. The molecule has 1 aromatic carbocycles. The van der Waals surface area contributed by atoms with Crippen molar-refractivity contribution in [2.24, 2.45) is 0 Å². The van der Waals surface area contributed by atoms with E-state index < -0.39 is 0 Å². The Labute approximate surface area is 156 Å². The number of fused-ring (bicyclic) bond motifs is 1. The fourth-order valence-electron chi connectivity index (χ4n) is 3.43. The first-order valence-electron chi connectivity index (χ1n) is 9.32. The van der Waals surface area contributed by atoms with Crippen molar-refractivity contribution in [1.29, 1.82) is 0 Å². The summed E-state index contributed by atoms with van der Waals surface area (Å²) >= 11 is 0. The highest BCUT2D eigenvalue weighted by Crippen LogP contribution is 2.19. The van der Waals surface area contributed by atoms with Gasteiger partial charge in [0.1, 0.15) is 17.2 Å². The van der Waals surface area contributed by atoms with Gasteiger partial charge >= 0.3 is 0 Å². The van der Waals surface area contributed by atoms with Gasteiger partial charge in [-0.3, -0.25) is 4.79 Å². The van der Waals surface area contributed by atoms with Gasteiger partial charge in [-0.25, -0.2) is 13.9 Å². The normalized spacial score (nSPS) is 15.0. The molecule has 0 aliphatic heterocycles. The first kappa shape index (κ1) is 17.5. The van der Waals surface area contributed by atoms with Crippen LogP contribution < -0.4 is 10.6 Å². The van der Waals surface area contributed by atoms with Crippen molar-refractivity contribution in [3.8, 4) is 0 Å². The van der Waals surface area contributed by atoms with E-state index in [1.807, 2.05) is 0 Å². The molecular weight excluding hydrogens is 345 g/mol. The molecule has 0 unspecified atom stereocenters. The Morgan fingerprint density at radius 3 is 2.70 bits per heavy atom. The molecule has 7 heteroatoms. The smallest absolute Gasteiger partial charge is 0.256 e. The quantitative estimate of drug-likeness (QED) is 0.724. The molecule has 0 spiro atoms. The van der Waals surface area contributed by atoms with E-state index in [1.165, 1.54) is 18.6 Å². The summed E-state index contributed by atoms with van der Waals surface area (Å²) in [6.45, 7) is 0.515. The number of hydrogen-bond acceptors (Lipinski definition) is 4. The number of anilines is 1. The van der Waals surface area contributed by atoms with Crippen LogP contribution in [-0.2, 0) is 6.54 Å². The maximum Gasteiger partial charge on any atom is 0.256 e. The van der Waals surface area contributed by atoms with Crippen LogP contribution >= 0.6 is 0 Å². The summed E-state index contributed by atoms with van der Waals surface area (Å²) in [4.78, 5) is 17.2. The number of nitrogens with one attached hydrogen (secondary N) is 2. The van der Waals surface area contributed by atoms with Gasteiger partial charge in [-0.15, -0.1) is 0 Å². The van der Waals surface area contributed by atoms with Gasteiger partial charge in [0.25, 0.3) is 5.91 Å². The monoisotopic (exact) mass is 367 g/mol. The van der Waals surface area contributed by atoms with Crippen LogP contribution in [0.4, 0.5) is 10.2 Å². The summed E-state index contributed by atoms with van der Waals surface area (Å²) in [5.41, 5.74) is 1.94. The Kier molecular flexibility index (Phi) is 5.00. The Morgan fingerprint density at radius 1 is 1.15 bits per heavy atom. The molecule has 0 atom stereocenters. The van der Waals surface area contributed by atoms with E-state index in [1.54, 1.807) is 35.1 Å². The number of halogens is 1. The third-order valence-electron chi connectivity index (χ3n) is 4.94. The molecule has 1 aliphatic carbocycles. The largest absolute Gasteiger partial charge is 0.366 e. The van der Waals surface area contributed by atoms with E-state index in [9.17, 15) is 9.18 Å². The van der Waals surface area contributed by atoms with Crippen LogP contribution in [0.2, 0.25) is 0 Å². The van der Waals surface area contributed by atoms with E-state index in [-0.39, 0.29) is 17.8 Å². The lowest BCUT2D eigenvalue weighted by molar-refractivity contribution is 0.0929. The third-order valence-corrected chi connectivity index (χ3v) is 4.94. The highest BCUT2D eigenvalue weighted by Gasteiger charge is 2.20. The van der Waals surface area contributed by atoms with Gasteiger partial charge in [-0.2, -0.15) is 5.10 Å². The molecule has 1 fully saturated rings. The average Bonchev–Trinajstić information content (AvgIpc) is 3.12. The van der Waals surface area contributed by atoms with Gasteiger partial charge in [0, 0.05) is 18.8 Å². The van der Waals surface area contributed by atoms with Gasteiger partial charge in [0.15, 0.2) is 5.65 Å². The maximum absolute atomic E-state index is 13.0. The zero-order valence-electron chi connectivity index (χ0n) is 15.0. The van der Waals surface area contributed by atoms with E-state index in [0.717, 1.165) is 31.2 Å². The van der Waals surface area contributed by atoms with E-state index in [0.29, 0.717) is 23.6 Å². The van der Waals surface area contributed by atoms with Crippen LogP contribution in [0.25, 0.3) is 5.65 Å². The molecule has 1 amide bonds. The van der Waals surface area contributed by atoms with Crippen LogP contribution in [0, 0.1) is 5.82 Å². The molecular formula is C20H22FN5O. The Bertz CT molecular complexity index is 931. The second-order valence-corrected chi connectivity index (χ2v) is 6.93. The van der Waals surface area contributed by atoms with Crippen molar-refractivity contribution in [3.05, 3.63) is 59.7 Å². The average molecular weight is 367 g/mol. The van der Waals surface area contributed by atoms with Crippen molar-refractivity contribution in [2.75, 3.05) is 5.32 Å². The zero-order chi connectivity index (χ0) is 18.6. The Balaban J connectivity index is 1.48. The van der Waals surface area contributed by atoms with Crippen LogP contribution in [0.5, 0.6) is 0 Å². The highest BCUT2D eigenvalue weighted by atomic mass is 19.1. The molecule has 0 radical (unpaired) electrons. The molecule has 2 heterocycles. The molecule has 0 bridgehead atoms. The highest BCUT2D eigenvalue weighted by molar-refractivity contribution is 5.99. The van der Waals surface area contributed by atoms with Crippen LogP contribution in [0.15, 0.2) is 42.7 Å². The van der Waals surface area contributed by atoms with E-state index in [2.05, 4.69) is 20.7 Å². The van der Waals surface area contributed by atoms with Gasteiger partial charge in [0.05, 0.1) is 6.20 Å².